The predicted octanol–water partition coefficient (Wildman–Crippen LogP) is 3.63. The minimum atomic E-state index is 0.0140. The first-order valence-electron chi connectivity index (χ1n) is 9.41. The molecular weight excluding hydrogens is 340 g/mol. The van der Waals surface area contributed by atoms with Crippen molar-refractivity contribution >= 4 is 5.91 Å². The number of H-pyrrole nitrogens is 1. The molecule has 1 N–H and O–H groups in total. The van der Waals surface area contributed by atoms with Crippen LogP contribution in [-0.2, 0) is 6.42 Å². The molecule has 6 heteroatoms. The molecule has 3 heterocycles. The smallest absolute Gasteiger partial charge is 0.259 e. The van der Waals surface area contributed by atoms with Gasteiger partial charge in [0, 0.05) is 31.1 Å². The standard InChI is InChI=1S/C21H24N4O2/c1-14-19(15(2)27-24-14)21(26)25-10-6-9-17(13-25)20-18(12-22-23-20)11-16-7-4-3-5-8-16/h3-5,7-8,12,17H,6,9-11,13H2,1-2H3,(H,22,23)/t17-/m0/s1. The zero-order chi connectivity index (χ0) is 18.8. The second-order valence-corrected chi connectivity index (χ2v) is 7.26. The summed E-state index contributed by atoms with van der Waals surface area (Å²) in [5.74, 6) is 0.871. The van der Waals surface area contributed by atoms with Gasteiger partial charge in [-0.2, -0.15) is 5.10 Å². The molecule has 0 saturated carbocycles. The molecule has 0 radical (unpaired) electrons. The molecular formula is C21H24N4O2. The number of hydrogen-bond donors (Lipinski definition) is 1. The van der Waals surface area contributed by atoms with Crippen molar-refractivity contribution in [3.05, 3.63) is 70.4 Å². The number of nitrogens with one attached hydrogen (secondary N) is 1. The van der Waals surface area contributed by atoms with E-state index in [4.69, 9.17) is 4.52 Å². The van der Waals surface area contributed by atoms with Crippen LogP contribution < -0.4 is 0 Å². The molecule has 1 aliphatic heterocycles. The first kappa shape index (κ1) is 17.5. The van der Waals surface area contributed by atoms with Crippen molar-refractivity contribution in [2.75, 3.05) is 13.1 Å². The van der Waals surface area contributed by atoms with Gasteiger partial charge in [-0.3, -0.25) is 9.89 Å². The van der Waals surface area contributed by atoms with Crippen molar-refractivity contribution in [2.45, 2.75) is 39.0 Å². The third-order valence-electron chi connectivity index (χ3n) is 5.35. The van der Waals surface area contributed by atoms with Crippen LogP contribution in [0.25, 0.3) is 0 Å². The van der Waals surface area contributed by atoms with Crippen molar-refractivity contribution < 1.29 is 9.32 Å². The van der Waals surface area contributed by atoms with Gasteiger partial charge in [-0.15, -0.1) is 0 Å². The molecule has 27 heavy (non-hydrogen) atoms. The van der Waals surface area contributed by atoms with Gasteiger partial charge in [-0.25, -0.2) is 0 Å². The van der Waals surface area contributed by atoms with Gasteiger partial charge in [0.1, 0.15) is 11.3 Å². The van der Waals surface area contributed by atoms with E-state index in [9.17, 15) is 4.79 Å². The summed E-state index contributed by atoms with van der Waals surface area (Å²) in [4.78, 5) is 14.9. The van der Waals surface area contributed by atoms with Crippen molar-refractivity contribution in [3.8, 4) is 0 Å². The maximum atomic E-state index is 13.0. The van der Waals surface area contributed by atoms with E-state index < -0.39 is 0 Å². The van der Waals surface area contributed by atoms with Gasteiger partial charge in [0.05, 0.1) is 11.9 Å². The van der Waals surface area contributed by atoms with Crippen molar-refractivity contribution in [1.29, 1.82) is 0 Å². The third-order valence-corrected chi connectivity index (χ3v) is 5.35. The Balaban J connectivity index is 1.52. The molecule has 1 aromatic carbocycles. The number of piperidine rings is 1. The van der Waals surface area contributed by atoms with Gasteiger partial charge >= 0.3 is 0 Å². The summed E-state index contributed by atoms with van der Waals surface area (Å²) in [5.41, 5.74) is 4.88. The highest BCUT2D eigenvalue weighted by Crippen LogP contribution is 2.30. The molecule has 1 fully saturated rings. The number of carbonyl (C=O) groups excluding carboxylic acids is 1. The Bertz CT molecular complexity index is 909. The average Bonchev–Trinajstić information content (AvgIpc) is 3.28. The van der Waals surface area contributed by atoms with Crippen molar-refractivity contribution in [2.24, 2.45) is 0 Å². The van der Waals surface area contributed by atoms with Gasteiger partial charge in [0.2, 0.25) is 0 Å². The van der Waals surface area contributed by atoms with Crippen LogP contribution in [-0.4, -0.2) is 39.3 Å². The van der Waals surface area contributed by atoms with Crippen LogP contribution in [0, 0.1) is 13.8 Å². The van der Waals surface area contributed by atoms with E-state index in [0.29, 0.717) is 23.6 Å². The van der Waals surface area contributed by atoms with Gasteiger partial charge < -0.3 is 9.42 Å². The van der Waals surface area contributed by atoms with E-state index in [1.165, 1.54) is 11.1 Å². The highest BCUT2D eigenvalue weighted by molar-refractivity contribution is 5.96. The topological polar surface area (TPSA) is 75.0 Å². The van der Waals surface area contributed by atoms with E-state index in [-0.39, 0.29) is 11.8 Å². The molecule has 1 aliphatic rings. The Morgan fingerprint density at radius 3 is 2.85 bits per heavy atom. The predicted molar refractivity (Wildman–Crippen MR) is 102 cm³/mol. The van der Waals surface area contributed by atoms with Crippen LogP contribution in [0.2, 0.25) is 0 Å². The van der Waals surface area contributed by atoms with E-state index in [1.807, 2.05) is 24.1 Å². The first-order chi connectivity index (χ1) is 13.1. The second-order valence-electron chi connectivity index (χ2n) is 7.26. The summed E-state index contributed by atoms with van der Waals surface area (Å²) in [6, 6.07) is 10.4. The SMILES string of the molecule is Cc1noc(C)c1C(=O)N1CCC[C@H](c2[nH]ncc2Cc2ccccc2)C1. The van der Waals surface area contributed by atoms with Crippen LogP contribution in [0.1, 0.15) is 57.4 Å². The minimum absolute atomic E-state index is 0.0140. The summed E-state index contributed by atoms with van der Waals surface area (Å²) >= 11 is 0. The molecule has 1 amide bonds. The number of rotatable bonds is 4. The Labute approximate surface area is 158 Å². The summed E-state index contributed by atoms with van der Waals surface area (Å²) in [7, 11) is 0. The van der Waals surface area contributed by atoms with Crippen LogP contribution >= 0.6 is 0 Å². The quantitative estimate of drug-likeness (QED) is 0.767. The lowest BCUT2D eigenvalue weighted by Gasteiger charge is -2.32. The van der Waals surface area contributed by atoms with E-state index in [0.717, 1.165) is 31.5 Å². The highest BCUT2D eigenvalue weighted by atomic mass is 16.5. The number of aromatic amines is 1. The van der Waals surface area contributed by atoms with Crippen LogP contribution in [0.4, 0.5) is 0 Å². The number of carbonyl (C=O) groups is 1. The van der Waals surface area contributed by atoms with E-state index in [2.05, 4.69) is 39.6 Å². The lowest BCUT2D eigenvalue weighted by atomic mass is 9.90. The zero-order valence-corrected chi connectivity index (χ0v) is 15.7. The normalized spacial score (nSPS) is 17.3. The van der Waals surface area contributed by atoms with Crippen LogP contribution in [0.3, 0.4) is 0 Å². The molecule has 3 aromatic rings. The Morgan fingerprint density at radius 2 is 2.11 bits per heavy atom. The number of benzene rings is 1. The molecule has 1 saturated heterocycles. The Hall–Kier alpha value is -2.89. The number of likely N-dealkylation sites (tertiary alicyclic amines) is 1. The van der Waals surface area contributed by atoms with Gasteiger partial charge in [-0.1, -0.05) is 35.5 Å². The number of aryl methyl sites for hydroxylation is 2. The number of amides is 1. The minimum Gasteiger partial charge on any atom is -0.361 e. The molecule has 2 aromatic heterocycles. The van der Waals surface area contributed by atoms with Gasteiger partial charge in [0.15, 0.2) is 0 Å². The number of nitrogens with zero attached hydrogens (tertiary/aromatic N) is 3. The summed E-state index contributed by atoms with van der Waals surface area (Å²) in [6.45, 7) is 5.06. The number of hydrogen-bond acceptors (Lipinski definition) is 4. The van der Waals surface area contributed by atoms with Crippen molar-refractivity contribution in [3.63, 3.8) is 0 Å². The highest BCUT2D eigenvalue weighted by Gasteiger charge is 2.30. The number of aromatic nitrogens is 3. The molecule has 1 atom stereocenters. The summed E-state index contributed by atoms with van der Waals surface area (Å²) in [6.07, 6.45) is 4.79. The van der Waals surface area contributed by atoms with Crippen LogP contribution in [0.5, 0.6) is 0 Å². The molecule has 0 unspecified atom stereocenters. The fraction of sp³-hybridized carbons (Fsp3) is 0.381. The Morgan fingerprint density at radius 1 is 1.30 bits per heavy atom. The largest absolute Gasteiger partial charge is 0.361 e. The maximum absolute atomic E-state index is 13.0. The lowest BCUT2D eigenvalue weighted by Crippen LogP contribution is -2.39. The molecule has 4 rings (SSSR count). The van der Waals surface area contributed by atoms with E-state index in [1.54, 1.807) is 6.92 Å². The van der Waals surface area contributed by atoms with Gasteiger partial charge in [-0.05, 0) is 37.8 Å². The lowest BCUT2D eigenvalue weighted by molar-refractivity contribution is 0.0703. The molecule has 140 valence electrons. The zero-order valence-electron chi connectivity index (χ0n) is 15.7. The van der Waals surface area contributed by atoms with Crippen molar-refractivity contribution in [1.82, 2.24) is 20.3 Å². The third kappa shape index (κ3) is 3.52. The first-order valence-corrected chi connectivity index (χ1v) is 9.41. The van der Waals surface area contributed by atoms with E-state index >= 15 is 0 Å². The Kier molecular flexibility index (Phi) is 4.79. The average molecular weight is 364 g/mol. The maximum Gasteiger partial charge on any atom is 0.259 e. The molecule has 0 bridgehead atoms. The van der Waals surface area contributed by atoms with Crippen LogP contribution in [0.15, 0.2) is 41.1 Å². The summed E-state index contributed by atoms with van der Waals surface area (Å²) < 4.78 is 5.18. The molecule has 0 spiro atoms. The second kappa shape index (κ2) is 7.39. The fourth-order valence-electron chi connectivity index (χ4n) is 3.97. The molecule has 0 aliphatic carbocycles. The molecule has 6 nitrogen and oxygen atoms in total. The fourth-order valence-corrected chi connectivity index (χ4v) is 3.97. The summed E-state index contributed by atoms with van der Waals surface area (Å²) in [5, 5.41) is 11.4. The monoisotopic (exact) mass is 364 g/mol. The van der Waals surface area contributed by atoms with Gasteiger partial charge in [0.25, 0.3) is 5.91 Å².